The molecule has 0 unspecified atom stereocenters. The van der Waals surface area contributed by atoms with Crippen molar-refractivity contribution in [2.75, 3.05) is 21.3 Å². The summed E-state index contributed by atoms with van der Waals surface area (Å²) in [6.45, 7) is 0. The number of halogens is 2. The molecule has 1 aromatic heterocycles. The highest BCUT2D eigenvalue weighted by Gasteiger charge is 2.22. The molecule has 0 amide bonds. The Kier molecular flexibility index (Phi) is 5.43. The van der Waals surface area contributed by atoms with Crippen LogP contribution in [-0.4, -0.2) is 21.3 Å². The quantitative estimate of drug-likeness (QED) is 0.466. The zero-order valence-electron chi connectivity index (χ0n) is 14.1. The van der Waals surface area contributed by atoms with E-state index in [1.165, 1.54) is 27.4 Å². The molecule has 8 heteroatoms. The standard InChI is InChI=1S/C18H14Br2O6/c1-22-13-7-11-15(18(24-3)17(13)23-2)12(8-14(21)25-11)26-16-9(19)5-4-6-10(16)20/h4-8H,1-3H3. The molecule has 26 heavy (non-hydrogen) atoms. The lowest BCUT2D eigenvalue weighted by molar-refractivity contribution is 0.325. The van der Waals surface area contributed by atoms with Crippen molar-refractivity contribution in [3.05, 3.63) is 49.7 Å². The summed E-state index contributed by atoms with van der Waals surface area (Å²) in [6.07, 6.45) is 0. The fourth-order valence-corrected chi connectivity index (χ4v) is 3.70. The molecular weight excluding hydrogens is 472 g/mol. The van der Waals surface area contributed by atoms with Crippen LogP contribution in [0, 0.1) is 0 Å². The van der Waals surface area contributed by atoms with Crippen LogP contribution in [0.4, 0.5) is 0 Å². The highest BCUT2D eigenvalue weighted by molar-refractivity contribution is 9.11. The van der Waals surface area contributed by atoms with Crippen LogP contribution in [-0.2, 0) is 0 Å². The SMILES string of the molecule is COc1cc2oc(=O)cc(Oc3c(Br)cccc3Br)c2c(OC)c1OC. The maximum absolute atomic E-state index is 12.0. The molecule has 0 spiro atoms. The summed E-state index contributed by atoms with van der Waals surface area (Å²) in [5.41, 5.74) is -0.310. The van der Waals surface area contributed by atoms with Gasteiger partial charge in [-0.05, 0) is 44.0 Å². The molecule has 0 fully saturated rings. The lowest BCUT2D eigenvalue weighted by Crippen LogP contribution is -2.02. The Balaban J connectivity index is 2.33. The molecule has 3 rings (SSSR count). The van der Waals surface area contributed by atoms with Crippen LogP contribution in [0.15, 0.2) is 48.5 Å². The molecule has 3 aromatic rings. The number of para-hydroxylation sites is 1. The van der Waals surface area contributed by atoms with Crippen molar-refractivity contribution < 1.29 is 23.4 Å². The normalized spacial score (nSPS) is 10.7. The Morgan fingerprint density at radius 3 is 2.08 bits per heavy atom. The van der Waals surface area contributed by atoms with E-state index in [-0.39, 0.29) is 11.3 Å². The van der Waals surface area contributed by atoms with Crippen LogP contribution in [0.1, 0.15) is 0 Å². The van der Waals surface area contributed by atoms with E-state index in [9.17, 15) is 4.79 Å². The number of methoxy groups -OCH3 is 3. The van der Waals surface area contributed by atoms with Gasteiger partial charge in [0.1, 0.15) is 16.7 Å². The minimum atomic E-state index is -0.565. The molecule has 6 nitrogen and oxygen atoms in total. The molecular formula is C18H14Br2O6. The largest absolute Gasteiger partial charge is 0.493 e. The van der Waals surface area contributed by atoms with E-state index < -0.39 is 5.63 Å². The minimum Gasteiger partial charge on any atom is -0.493 e. The zero-order chi connectivity index (χ0) is 18.8. The second-order valence-corrected chi connectivity index (χ2v) is 6.81. The van der Waals surface area contributed by atoms with Crippen LogP contribution in [0.5, 0.6) is 28.7 Å². The highest BCUT2D eigenvalue weighted by atomic mass is 79.9. The molecule has 1 heterocycles. The first-order valence-corrected chi connectivity index (χ1v) is 8.97. The van der Waals surface area contributed by atoms with Crippen molar-refractivity contribution in [1.29, 1.82) is 0 Å². The molecule has 0 radical (unpaired) electrons. The Morgan fingerprint density at radius 2 is 1.50 bits per heavy atom. The third kappa shape index (κ3) is 3.26. The first-order valence-electron chi connectivity index (χ1n) is 7.38. The minimum absolute atomic E-state index is 0.255. The summed E-state index contributed by atoms with van der Waals surface area (Å²) in [4.78, 5) is 12.0. The fraction of sp³-hybridized carbons (Fsp3) is 0.167. The van der Waals surface area contributed by atoms with E-state index in [4.69, 9.17) is 23.4 Å². The summed E-state index contributed by atoms with van der Waals surface area (Å²) < 4.78 is 29.0. The predicted octanol–water partition coefficient (Wildman–Crippen LogP) is 5.14. The topological polar surface area (TPSA) is 67.1 Å². The number of rotatable bonds is 5. The molecule has 0 saturated heterocycles. The van der Waals surface area contributed by atoms with Crippen LogP contribution in [0.3, 0.4) is 0 Å². The first-order chi connectivity index (χ1) is 12.5. The Hall–Kier alpha value is -2.19. The van der Waals surface area contributed by atoms with Gasteiger partial charge >= 0.3 is 5.63 Å². The number of ether oxygens (including phenoxy) is 4. The van der Waals surface area contributed by atoms with Crippen LogP contribution in [0.2, 0.25) is 0 Å². The van der Waals surface area contributed by atoms with Crippen molar-refractivity contribution in [3.63, 3.8) is 0 Å². The summed E-state index contributed by atoms with van der Waals surface area (Å²) in [5.74, 6) is 1.85. The van der Waals surface area contributed by atoms with Gasteiger partial charge in [-0.1, -0.05) is 6.07 Å². The Morgan fingerprint density at radius 1 is 0.846 bits per heavy atom. The predicted molar refractivity (Wildman–Crippen MR) is 104 cm³/mol. The lowest BCUT2D eigenvalue weighted by Gasteiger charge is -2.17. The zero-order valence-corrected chi connectivity index (χ0v) is 17.3. The number of hydrogen-bond donors (Lipinski definition) is 0. The summed E-state index contributed by atoms with van der Waals surface area (Å²) in [6, 6.07) is 8.32. The molecule has 2 aromatic carbocycles. The number of benzene rings is 2. The van der Waals surface area contributed by atoms with E-state index in [2.05, 4.69) is 31.9 Å². The van der Waals surface area contributed by atoms with Gasteiger partial charge in [0.05, 0.1) is 36.3 Å². The van der Waals surface area contributed by atoms with E-state index in [0.717, 1.165) is 0 Å². The molecule has 0 aliphatic heterocycles. The van der Waals surface area contributed by atoms with Crippen molar-refractivity contribution in [2.24, 2.45) is 0 Å². The van der Waals surface area contributed by atoms with E-state index >= 15 is 0 Å². The molecule has 136 valence electrons. The molecule has 0 atom stereocenters. The average Bonchev–Trinajstić information content (AvgIpc) is 2.62. The van der Waals surface area contributed by atoms with Crippen molar-refractivity contribution >= 4 is 42.8 Å². The second kappa shape index (κ2) is 7.59. The highest BCUT2D eigenvalue weighted by Crippen LogP contribution is 2.48. The van der Waals surface area contributed by atoms with Gasteiger partial charge in [-0.15, -0.1) is 0 Å². The average molecular weight is 486 g/mol. The van der Waals surface area contributed by atoms with E-state index in [1.807, 2.05) is 18.2 Å². The Labute approximate surface area is 165 Å². The van der Waals surface area contributed by atoms with Gasteiger partial charge in [0.15, 0.2) is 17.2 Å². The number of fused-ring (bicyclic) bond motifs is 1. The summed E-state index contributed by atoms with van der Waals surface area (Å²) >= 11 is 6.88. The van der Waals surface area contributed by atoms with Gasteiger partial charge < -0.3 is 23.4 Å². The van der Waals surface area contributed by atoms with Gasteiger partial charge in [-0.3, -0.25) is 0 Å². The molecule has 0 N–H and O–H groups in total. The van der Waals surface area contributed by atoms with Gasteiger partial charge in [0.25, 0.3) is 0 Å². The van der Waals surface area contributed by atoms with Gasteiger partial charge in [-0.2, -0.15) is 0 Å². The molecule has 0 saturated carbocycles. The van der Waals surface area contributed by atoms with E-state index in [0.29, 0.717) is 37.3 Å². The van der Waals surface area contributed by atoms with Gasteiger partial charge in [-0.25, -0.2) is 4.79 Å². The first kappa shape index (κ1) is 18.6. The maximum atomic E-state index is 12.0. The third-order valence-electron chi connectivity index (χ3n) is 3.63. The summed E-state index contributed by atoms with van der Waals surface area (Å²) in [7, 11) is 4.47. The van der Waals surface area contributed by atoms with Crippen LogP contribution < -0.4 is 24.6 Å². The number of hydrogen-bond acceptors (Lipinski definition) is 6. The van der Waals surface area contributed by atoms with E-state index in [1.54, 1.807) is 6.07 Å². The van der Waals surface area contributed by atoms with Crippen molar-refractivity contribution in [3.8, 4) is 28.7 Å². The third-order valence-corrected chi connectivity index (χ3v) is 4.88. The Bertz CT molecular complexity index is 1010. The summed E-state index contributed by atoms with van der Waals surface area (Å²) in [5, 5.41) is 0.451. The smallest absolute Gasteiger partial charge is 0.339 e. The molecule has 0 bridgehead atoms. The van der Waals surface area contributed by atoms with Crippen molar-refractivity contribution in [1.82, 2.24) is 0 Å². The lowest BCUT2D eigenvalue weighted by atomic mass is 10.1. The van der Waals surface area contributed by atoms with Crippen molar-refractivity contribution in [2.45, 2.75) is 0 Å². The van der Waals surface area contributed by atoms with Crippen LogP contribution >= 0.6 is 31.9 Å². The molecule has 0 aliphatic rings. The fourth-order valence-electron chi connectivity index (χ4n) is 2.54. The van der Waals surface area contributed by atoms with Gasteiger partial charge in [0.2, 0.25) is 5.75 Å². The maximum Gasteiger partial charge on any atom is 0.339 e. The van der Waals surface area contributed by atoms with Crippen LogP contribution in [0.25, 0.3) is 11.0 Å². The monoisotopic (exact) mass is 484 g/mol. The van der Waals surface area contributed by atoms with Gasteiger partial charge in [0, 0.05) is 6.07 Å². The molecule has 0 aliphatic carbocycles. The second-order valence-electron chi connectivity index (χ2n) is 5.10.